The molecule has 0 saturated carbocycles. The maximum atomic E-state index is 12.4. The second-order valence-corrected chi connectivity index (χ2v) is 6.66. The van der Waals surface area contributed by atoms with Gasteiger partial charge in [-0.2, -0.15) is 0 Å². The van der Waals surface area contributed by atoms with Crippen LogP contribution in [0.3, 0.4) is 0 Å². The smallest absolute Gasteiger partial charge is 0.275 e. The highest BCUT2D eigenvalue weighted by molar-refractivity contribution is 8.00. The lowest BCUT2D eigenvalue weighted by Gasteiger charge is -2.25. The van der Waals surface area contributed by atoms with Gasteiger partial charge in [-0.25, -0.2) is 0 Å². The van der Waals surface area contributed by atoms with E-state index in [2.05, 4.69) is 0 Å². The fourth-order valence-corrected chi connectivity index (χ4v) is 4.09. The van der Waals surface area contributed by atoms with E-state index in [9.17, 15) is 14.9 Å². The van der Waals surface area contributed by atoms with Crippen LogP contribution in [0.1, 0.15) is 22.1 Å². The van der Waals surface area contributed by atoms with Crippen LogP contribution in [-0.2, 0) is 4.79 Å². The number of nitro groups is 1. The Kier molecular flexibility index (Phi) is 4.09. The molecule has 1 atom stereocenters. The largest absolute Gasteiger partial charge is 0.295 e. The number of carbonyl (C=O) groups is 1. The first-order chi connectivity index (χ1) is 11.0. The Morgan fingerprint density at radius 2 is 1.83 bits per heavy atom. The van der Waals surface area contributed by atoms with Crippen molar-refractivity contribution < 1.29 is 9.72 Å². The van der Waals surface area contributed by atoms with Crippen molar-refractivity contribution in [1.29, 1.82) is 0 Å². The molecule has 1 amide bonds. The number of anilines is 1. The molecule has 1 fully saturated rings. The lowest BCUT2D eigenvalue weighted by molar-refractivity contribution is -0.385. The van der Waals surface area contributed by atoms with Gasteiger partial charge in [0.15, 0.2) is 0 Å². The summed E-state index contributed by atoms with van der Waals surface area (Å²) in [6.07, 6.45) is 0. The number of rotatable bonds is 3. The van der Waals surface area contributed by atoms with Crippen molar-refractivity contribution >= 4 is 29.0 Å². The molecule has 5 nitrogen and oxygen atoms in total. The normalized spacial score (nSPS) is 17.6. The number of aryl methyl sites for hydroxylation is 2. The molecule has 3 rings (SSSR count). The summed E-state index contributed by atoms with van der Waals surface area (Å²) in [6, 6.07) is 12.5. The van der Waals surface area contributed by atoms with Gasteiger partial charge in [-0.15, -0.1) is 11.8 Å². The zero-order chi connectivity index (χ0) is 16.6. The van der Waals surface area contributed by atoms with Crippen molar-refractivity contribution in [3.05, 3.63) is 69.3 Å². The number of nitro benzene ring substituents is 1. The van der Waals surface area contributed by atoms with Crippen molar-refractivity contribution in [3.63, 3.8) is 0 Å². The summed E-state index contributed by atoms with van der Waals surface area (Å²) in [7, 11) is 0. The molecule has 0 unspecified atom stereocenters. The maximum absolute atomic E-state index is 12.4. The van der Waals surface area contributed by atoms with E-state index < -0.39 is 4.92 Å². The quantitative estimate of drug-likeness (QED) is 0.631. The third kappa shape index (κ3) is 2.94. The standard InChI is InChI=1S/C17H16N2O3S/c1-11-7-12(2)9-13(8-11)18-16(20)10-23-17(18)14-5-3-4-6-15(14)19(21)22/h3-9,17H,10H2,1-2H3/t17-/m0/s1. The highest BCUT2D eigenvalue weighted by Gasteiger charge is 2.37. The Morgan fingerprint density at radius 3 is 2.48 bits per heavy atom. The van der Waals surface area contributed by atoms with Gasteiger partial charge in [0.1, 0.15) is 5.37 Å². The van der Waals surface area contributed by atoms with Gasteiger partial charge in [0.05, 0.1) is 16.2 Å². The third-order valence-electron chi connectivity index (χ3n) is 3.75. The summed E-state index contributed by atoms with van der Waals surface area (Å²) < 4.78 is 0. The Bertz CT molecular complexity index is 771. The Labute approximate surface area is 138 Å². The van der Waals surface area contributed by atoms with Crippen LogP contribution in [0.4, 0.5) is 11.4 Å². The van der Waals surface area contributed by atoms with Crippen LogP contribution in [0.25, 0.3) is 0 Å². The van der Waals surface area contributed by atoms with E-state index in [1.807, 2.05) is 32.0 Å². The molecule has 6 heteroatoms. The van der Waals surface area contributed by atoms with Gasteiger partial charge >= 0.3 is 0 Å². The van der Waals surface area contributed by atoms with Crippen molar-refractivity contribution in [1.82, 2.24) is 0 Å². The zero-order valence-electron chi connectivity index (χ0n) is 12.9. The number of thioether (sulfide) groups is 1. The molecule has 1 aliphatic rings. The van der Waals surface area contributed by atoms with E-state index in [1.165, 1.54) is 17.8 Å². The molecule has 0 spiro atoms. The van der Waals surface area contributed by atoms with E-state index in [-0.39, 0.29) is 17.0 Å². The van der Waals surface area contributed by atoms with E-state index in [0.29, 0.717) is 11.3 Å². The highest BCUT2D eigenvalue weighted by atomic mass is 32.2. The summed E-state index contributed by atoms with van der Waals surface area (Å²) in [6.45, 7) is 3.95. The number of para-hydroxylation sites is 1. The van der Waals surface area contributed by atoms with Crippen LogP contribution in [0.5, 0.6) is 0 Å². The second kappa shape index (κ2) is 6.04. The van der Waals surface area contributed by atoms with Gasteiger partial charge in [-0.05, 0) is 43.2 Å². The van der Waals surface area contributed by atoms with Crippen LogP contribution in [0, 0.1) is 24.0 Å². The zero-order valence-corrected chi connectivity index (χ0v) is 13.7. The minimum absolute atomic E-state index is 0.0249. The van der Waals surface area contributed by atoms with Crippen molar-refractivity contribution in [3.8, 4) is 0 Å². The summed E-state index contributed by atoms with van der Waals surface area (Å²) in [4.78, 5) is 25.0. The molecular weight excluding hydrogens is 312 g/mol. The molecule has 2 aromatic rings. The SMILES string of the molecule is Cc1cc(C)cc(N2C(=O)CS[C@H]2c2ccccc2[N+](=O)[O-])c1. The molecule has 0 radical (unpaired) electrons. The van der Waals surface area contributed by atoms with Gasteiger partial charge in [0, 0.05) is 11.8 Å². The third-order valence-corrected chi connectivity index (χ3v) is 4.95. The van der Waals surface area contributed by atoms with Crippen LogP contribution in [0.2, 0.25) is 0 Å². The minimum atomic E-state index is -0.391. The number of hydrogen-bond acceptors (Lipinski definition) is 4. The predicted molar refractivity (Wildman–Crippen MR) is 91.7 cm³/mol. The molecule has 23 heavy (non-hydrogen) atoms. The van der Waals surface area contributed by atoms with Crippen molar-refractivity contribution in [2.75, 3.05) is 10.7 Å². The van der Waals surface area contributed by atoms with Crippen molar-refractivity contribution in [2.24, 2.45) is 0 Å². The predicted octanol–water partition coefficient (Wildman–Crippen LogP) is 3.99. The average molecular weight is 328 g/mol. The van der Waals surface area contributed by atoms with E-state index in [4.69, 9.17) is 0 Å². The topological polar surface area (TPSA) is 63.5 Å². The number of amides is 1. The number of benzene rings is 2. The van der Waals surface area contributed by atoms with E-state index in [0.717, 1.165) is 16.8 Å². The first kappa shape index (κ1) is 15.6. The molecule has 1 saturated heterocycles. The Hall–Kier alpha value is -2.34. The number of nitrogens with zero attached hydrogens (tertiary/aromatic N) is 2. The fraction of sp³-hybridized carbons (Fsp3) is 0.235. The molecule has 0 N–H and O–H groups in total. The molecule has 0 bridgehead atoms. The molecule has 118 valence electrons. The number of hydrogen-bond donors (Lipinski definition) is 0. The summed E-state index contributed by atoms with van der Waals surface area (Å²) in [5.74, 6) is 0.298. The van der Waals surface area contributed by atoms with Crippen LogP contribution < -0.4 is 4.90 Å². The van der Waals surface area contributed by atoms with Crippen LogP contribution in [-0.4, -0.2) is 16.6 Å². The summed E-state index contributed by atoms with van der Waals surface area (Å²) in [5, 5.41) is 10.9. The maximum Gasteiger partial charge on any atom is 0.275 e. The van der Waals surface area contributed by atoms with Crippen LogP contribution >= 0.6 is 11.8 Å². The molecular formula is C17H16N2O3S. The molecule has 2 aromatic carbocycles. The van der Waals surface area contributed by atoms with Gasteiger partial charge in [-0.1, -0.05) is 18.2 Å². The molecule has 0 aliphatic carbocycles. The first-order valence-corrected chi connectivity index (χ1v) is 8.27. The van der Waals surface area contributed by atoms with Gasteiger partial charge in [-0.3, -0.25) is 19.8 Å². The number of carbonyl (C=O) groups excluding carboxylic acids is 1. The summed E-state index contributed by atoms with van der Waals surface area (Å²) >= 11 is 1.42. The first-order valence-electron chi connectivity index (χ1n) is 7.22. The monoisotopic (exact) mass is 328 g/mol. The van der Waals surface area contributed by atoms with E-state index in [1.54, 1.807) is 23.1 Å². The van der Waals surface area contributed by atoms with Gasteiger partial charge < -0.3 is 0 Å². The Balaban J connectivity index is 2.09. The lowest BCUT2D eigenvalue weighted by atomic mass is 10.1. The van der Waals surface area contributed by atoms with Gasteiger partial charge in [0.2, 0.25) is 5.91 Å². The Morgan fingerprint density at radius 1 is 1.17 bits per heavy atom. The lowest BCUT2D eigenvalue weighted by Crippen LogP contribution is -2.28. The van der Waals surface area contributed by atoms with Crippen LogP contribution in [0.15, 0.2) is 42.5 Å². The van der Waals surface area contributed by atoms with Crippen molar-refractivity contribution in [2.45, 2.75) is 19.2 Å². The average Bonchev–Trinajstić information content (AvgIpc) is 2.87. The van der Waals surface area contributed by atoms with Gasteiger partial charge in [0.25, 0.3) is 5.69 Å². The van der Waals surface area contributed by atoms with E-state index >= 15 is 0 Å². The molecule has 1 aliphatic heterocycles. The molecule has 0 aromatic heterocycles. The minimum Gasteiger partial charge on any atom is -0.295 e. The highest BCUT2D eigenvalue weighted by Crippen LogP contribution is 2.44. The fourth-order valence-electron chi connectivity index (χ4n) is 2.89. The molecule has 1 heterocycles. The summed E-state index contributed by atoms with van der Waals surface area (Å²) in [5.41, 5.74) is 3.53. The second-order valence-electron chi connectivity index (χ2n) is 5.59.